The maximum Gasteiger partial charge on any atom is 0.170 e. The summed E-state index contributed by atoms with van der Waals surface area (Å²) in [4.78, 5) is 5.55. The van der Waals surface area contributed by atoms with Crippen LogP contribution in [0.25, 0.3) is 0 Å². The zero-order valence-electron chi connectivity index (χ0n) is 9.14. The smallest absolute Gasteiger partial charge is 0.170 e. The van der Waals surface area contributed by atoms with Crippen LogP contribution in [-0.4, -0.2) is 21.1 Å². The fourth-order valence-electron chi connectivity index (χ4n) is 1.13. The predicted molar refractivity (Wildman–Crippen MR) is 72.5 cm³/mol. The van der Waals surface area contributed by atoms with Crippen molar-refractivity contribution in [2.75, 3.05) is 6.61 Å². The lowest BCUT2D eigenvalue weighted by Gasteiger charge is -1.91. The third-order valence-corrected chi connectivity index (χ3v) is 4.91. The van der Waals surface area contributed by atoms with Crippen LogP contribution < -0.4 is 0 Å². The van der Waals surface area contributed by atoms with E-state index in [0.29, 0.717) is 0 Å². The first-order valence-corrected chi connectivity index (χ1v) is 7.52. The highest BCUT2D eigenvalue weighted by Crippen LogP contribution is 2.27. The van der Waals surface area contributed by atoms with Crippen LogP contribution in [-0.2, 0) is 5.75 Å². The second-order valence-electron chi connectivity index (χ2n) is 3.16. The number of aliphatic hydroxyl groups is 1. The molecule has 0 radical (unpaired) electrons. The summed E-state index contributed by atoms with van der Waals surface area (Å²) in [5.74, 6) is 7.25. The van der Waals surface area contributed by atoms with Crippen LogP contribution in [0.3, 0.4) is 0 Å². The van der Waals surface area contributed by atoms with Gasteiger partial charge >= 0.3 is 0 Å². The van der Waals surface area contributed by atoms with Gasteiger partial charge in [0.1, 0.15) is 12.4 Å². The molecular formula is C11H10N2OS3. The molecular weight excluding hydrogens is 272 g/mol. The number of thioether (sulfide) groups is 1. The Hall–Kier alpha value is -0.870. The summed E-state index contributed by atoms with van der Waals surface area (Å²) in [6.45, 7) is 1.80. The lowest BCUT2D eigenvalue weighted by Crippen LogP contribution is -1.76. The average molecular weight is 282 g/mol. The van der Waals surface area contributed by atoms with Crippen molar-refractivity contribution in [3.8, 4) is 11.8 Å². The highest BCUT2D eigenvalue weighted by atomic mass is 32.2. The number of nitrogens with zero attached hydrogens (tertiary/aromatic N) is 2. The van der Waals surface area contributed by atoms with Gasteiger partial charge in [-0.1, -0.05) is 23.6 Å². The molecule has 2 aromatic rings. The molecule has 2 aromatic heterocycles. The molecule has 1 N–H and O–H groups in total. The van der Waals surface area contributed by atoms with Crippen LogP contribution in [0.15, 0.2) is 15.8 Å². The Bertz CT molecular complexity index is 550. The summed E-state index contributed by atoms with van der Waals surface area (Å²) in [6.07, 6.45) is 0. The topological polar surface area (TPSA) is 46.0 Å². The van der Waals surface area contributed by atoms with Crippen molar-refractivity contribution in [1.29, 1.82) is 0 Å². The van der Waals surface area contributed by atoms with E-state index in [2.05, 4.69) is 21.2 Å². The summed E-state index contributed by atoms with van der Waals surface area (Å²) in [5, 5.41) is 10.6. The van der Waals surface area contributed by atoms with Gasteiger partial charge in [-0.25, -0.2) is 4.98 Å². The Morgan fingerprint density at radius 1 is 1.53 bits per heavy atom. The Morgan fingerprint density at radius 3 is 3.12 bits per heavy atom. The van der Waals surface area contributed by atoms with Gasteiger partial charge in [0.15, 0.2) is 4.34 Å². The molecule has 0 aliphatic rings. The molecule has 2 heterocycles. The van der Waals surface area contributed by atoms with Gasteiger partial charge in [0.25, 0.3) is 0 Å². The first-order valence-electron chi connectivity index (χ1n) is 4.88. The molecule has 0 spiro atoms. The van der Waals surface area contributed by atoms with Crippen LogP contribution in [0.2, 0.25) is 0 Å². The van der Waals surface area contributed by atoms with E-state index in [1.54, 1.807) is 23.1 Å². The summed E-state index contributed by atoms with van der Waals surface area (Å²) < 4.78 is 5.14. The second-order valence-corrected chi connectivity index (χ2v) is 6.13. The first kappa shape index (κ1) is 12.6. The molecule has 0 saturated carbocycles. The van der Waals surface area contributed by atoms with Crippen molar-refractivity contribution >= 4 is 34.6 Å². The first-order chi connectivity index (χ1) is 8.28. The lowest BCUT2D eigenvalue weighted by atomic mass is 10.3. The molecule has 0 fully saturated rings. The van der Waals surface area contributed by atoms with Gasteiger partial charge in [-0.15, -0.1) is 11.3 Å². The number of hydrogen-bond acceptors (Lipinski definition) is 6. The lowest BCUT2D eigenvalue weighted by molar-refractivity contribution is 0.350. The maximum absolute atomic E-state index is 8.60. The molecule has 0 aliphatic heterocycles. The Labute approximate surface area is 112 Å². The highest BCUT2D eigenvalue weighted by molar-refractivity contribution is 8.00. The van der Waals surface area contributed by atoms with Gasteiger partial charge in [0.05, 0.1) is 0 Å². The Kier molecular flexibility index (Phi) is 4.57. The quantitative estimate of drug-likeness (QED) is 0.694. The van der Waals surface area contributed by atoms with Crippen LogP contribution >= 0.6 is 34.6 Å². The second kappa shape index (κ2) is 6.17. The van der Waals surface area contributed by atoms with Gasteiger partial charge in [0, 0.05) is 21.6 Å². The maximum atomic E-state index is 8.60. The van der Waals surface area contributed by atoms with Crippen molar-refractivity contribution in [3.05, 3.63) is 27.7 Å². The van der Waals surface area contributed by atoms with E-state index in [1.807, 2.05) is 18.4 Å². The number of aliphatic hydroxyl groups excluding tert-OH is 1. The molecule has 0 aliphatic carbocycles. The van der Waals surface area contributed by atoms with Crippen LogP contribution in [0.5, 0.6) is 0 Å². The normalized spacial score (nSPS) is 10.0. The van der Waals surface area contributed by atoms with Crippen molar-refractivity contribution in [2.45, 2.75) is 17.0 Å². The number of rotatable bonds is 3. The minimum Gasteiger partial charge on any atom is -0.384 e. The number of hydrogen-bond donors (Lipinski definition) is 1. The SMILES string of the molecule is Cc1nsc(SCc2cc(C#CCO)cs2)n1. The average Bonchev–Trinajstić information content (AvgIpc) is 2.93. The fourth-order valence-corrected chi connectivity index (χ4v) is 3.65. The predicted octanol–water partition coefficient (Wildman–Crippen LogP) is 2.54. The van der Waals surface area contributed by atoms with E-state index in [9.17, 15) is 0 Å². The molecule has 88 valence electrons. The van der Waals surface area contributed by atoms with Crippen LogP contribution in [0, 0.1) is 18.8 Å². The standard InChI is InChI=1S/C11H10N2OS3/c1-8-12-11(17-13-8)16-7-10-5-9(6-15-10)3-2-4-14/h5-6,14H,4,7H2,1H3. The summed E-state index contributed by atoms with van der Waals surface area (Å²) in [5.41, 5.74) is 0.966. The van der Waals surface area contributed by atoms with Crippen molar-refractivity contribution in [1.82, 2.24) is 9.36 Å². The minimum absolute atomic E-state index is 0.0933. The zero-order valence-corrected chi connectivity index (χ0v) is 11.6. The van der Waals surface area contributed by atoms with Crippen molar-refractivity contribution in [2.24, 2.45) is 0 Å². The van der Waals surface area contributed by atoms with Gasteiger partial charge < -0.3 is 5.11 Å². The van der Waals surface area contributed by atoms with E-state index < -0.39 is 0 Å². The molecule has 6 heteroatoms. The number of aromatic nitrogens is 2. The molecule has 2 rings (SSSR count). The van der Waals surface area contributed by atoms with Gasteiger partial charge in [-0.05, 0) is 24.5 Å². The van der Waals surface area contributed by atoms with Crippen LogP contribution in [0.1, 0.15) is 16.3 Å². The highest BCUT2D eigenvalue weighted by Gasteiger charge is 2.03. The van der Waals surface area contributed by atoms with E-state index >= 15 is 0 Å². The van der Waals surface area contributed by atoms with E-state index in [-0.39, 0.29) is 6.61 Å². The van der Waals surface area contributed by atoms with E-state index in [1.165, 1.54) is 16.4 Å². The Morgan fingerprint density at radius 2 is 2.41 bits per heavy atom. The minimum atomic E-state index is -0.0933. The van der Waals surface area contributed by atoms with Gasteiger partial charge in [-0.3, -0.25) is 0 Å². The largest absolute Gasteiger partial charge is 0.384 e. The molecule has 0 atom stereocenters. The van der Waals surface area contributed by atoms with Gasteiger partial charge in [-0.2, -0.15) is 4.37 Å². The summed E-state index contributed by atoms with van der Waals surface area (Å²) >= 11 is 4.80. The van der Waals surface area contributed by atoms with E-state index in [4.69, 9.17) is 5.11 Å². The van der Waals surface area contributed by atoms with Gasteiger partial charge in [0.2, 0.25) is 0 Å². The third kappa shape index (κ3) is 3.82. The summed E-state index contributed by atoms with van der Waals surface area (Å²) in [6, 6.07) is 2.05. The molecule has 3 nitrogen and oxygen atoms in total. The molecule has 0 saturated heterocycles. The molecule has 0 aromatic carbocycles. The van der Waals surface area contributed by atoms with Crippen molar-refractivity contribution in [3.63, 3.8) is 0 Å². The third-order valence-electron chi connectivity index (χ3n) is 1.81. The molecule has 0 bridgehead atoms. The van der Waals surface area contributed by atoms with Crippen LogP contribution in [0.4, 0.5) is 0 Å². The van der Waals surface area contributed by atoms with E-state index in [0.717, 1.165) is 21.5 Å². The molecule has 0 amide bonds. The number of thiophene rings is 1. The Balaban J connectivity index is 1.93. The van der Waals surface area contributed by atoms with Crippen molar-refractivity contribution < 1.29 is 5.11 Å². The monoisotopic (exact) mass is 282 g/mol. The molecule has 0 unspecified atom stereocenters. The number of aryl methyl sites for hydroxylation is 1. The fraction of sp³-hybridized carbons (Fsp3) is 0.273. The molecule has 17 heavy (non-hydrogen) atoms. The summed E-state index contributed by atoms with van der Waals surface area (Å²) in [7, 11) is 0. The zero-order chi connectivity index (χ0) is 12.1.